The van der Waals surface area contributed by atoms with Crippen molar-refractivity contribution in [3.8, 4) is 0 Å². The highest BCUT2D eigenvalue weighted by atomic mass is 19.1. The molecule has 0 amide bonds. The van der Waals surface area contributed by atoms with Gasteiger partial charge in [0.25, 0.3) is 0 Å². The fourth-order valence-electron chi connectivity index (χ4n) is 3.30. The summed E-state index contributed by atoms with van der Waals surface area (Å²) in [5.74, 6) is -1.66. The average Bonchev–Trinajstić information content (AvgIpc) is 2.35. The van der Waals surface area contributed by atoms with Crippen LogP contribution in [0.15, 0.2) is 12.1 Å². The second-order valence-corrected chi connectivity index (χ2v) is 5.42. The van der Waals surface area contributed by atoms with Gasteiger partial charge < -0.3 is 4.90 Å². The van der Waals surface area contributed by atoms with Crippen molar-refractivity contribution in [3.63, 3.8) is 0 Å². The molecule has 2 bridgehead atoms. The minimum atomic E-state index is -0.848. The lowest BCUT2D eigenvalue weighted by atomic mass is 9.81. The summed E-state index contributed by atoms with van der Waals surface area (Å²) in [6.45, 7) is 2.06. The minimum Gasteiger partial charge on any atom is -0.300 e. The highest BCUT2D eigenvalue weighted by Gasteiger charge is 2.34. The first kappa shape index (κ1) is 12.0. The highest BCUT2D eigenvalue weighted by molar-refractivity contribution is 5.22. The monoisotopic (exact) mass is 255 g/mol. The molecule has 0 saturated carbocycles. The molecule has 0 aliphatic carbocycles. The van der Waals surface area contributed by atoms with E-state index in [2.05, 4.69) is 4.90 Å². The zero-order valence-electron chi connectivity index (χ0n) is 10.1. The number of fused-ring (bicyclic) bond motifs is 3. The largest absolute Gasteiger partial charge is 0.300 e. The number of hydrogen-bond acceptors (Lipinski definition) is 1. The van der Waals surface area contributed by atoms with Crippen molar-refractivity contribution >= 4 is 0 Å². The summed E-state index contributed by atoms with van der Waals surface area (Å²) in [4.78, 5) is 2.31. The molecule has 18 heavy (non-hydrogen) atoms. The Morgan fingerprint density at radius 2 is 1.67 bits per heavy atom. The average molecular weight is 255 g/mol. The molecule has 3 aliphatic rings. The van der Waals surface area contributed by atoms with E-state index in [0.717, 1.165) is 31.6 Å². The van der Waals surface area contributed by atoms with Crippen LogP contribution in [0.4, 0.5) is 13.2 Å². The molecule has 3 aliphatic heterocycles. The van der Waals surface area contributed by atoms with Crippen LogP contribution in [0.2, 0.25) is 0 Å². The van der Waals surface area contributed by atoms with Gasteiger partial charge in [0.05, 0.1) is 0 Å². The van der Waals surface area contributed by atoms with Gasteiger partial charge in [-0.1, -0.05) is 0 Å². The molecule has 0 spiro atoms. The third-order valence-corrected chi connectivity index (χ3v) is 4.32. The molecule has 0 radical (unpaired) electrons. The topological polar surface area (TPSA) is 3.24 Å². The van der Waals surface area contributed by atoms with Crippen LogP contribution in [0.1, 0.15) is 24.8 Å². The molecule has 0 aromatic heterocycles. The summed E-state index contributed by atoms with van der Waals surface area (Å²) < 4.78 is 40.1. The van der Waals surface area contributed by atoms with Gasteiger partial charge in [0, 0.05) is 23.7 Å². The van der Waals surface area contributed by atoms with Crippen molar-refractivity contribution in [2.75, 3.05) is 13.1 Å². The Bertz CT molecular complexity index is 429. The van der Waals surface area contributed by atoms with Crippen molar-refractivity contribution in [3.05, 3.63) is 35.1 Å². The van der Waals surface area contributed by atoms with Gasteiger partial charge in [0.2, 0.25) is 0 Å². The van der Waals surface area contributed by atoms with Gasteiger partial charge in [-0.3, -0.25) is 0 Å². The normalized spacial score (nSPS) is 30.7. The maximum absolute atomic E-state index is 13.6. The SMILES string of the molecule is Fc1cc(F)c(CC2CC3CCN2CC3)c(F)c1. The molecule has 1 aromatic carbocycles. The van der Waals surface area contributed by atoms with Gasteiger partial charge >= 0.3 is 0 Å². The van der Waals surface area contributed by atoms with Crippen LogP contribution in [0, 0.1) is 23.4 Å². The molecular formula is C14H16F3N. The summed E-state index contributed by atoms with van der Waals surface area (Å²) in [5.41, 5.74) is 0.0361. The summed E-state index contributed by atoms with van der Waals surface area (Å²) in [7, 11) is 0. The van der Waals surface area contributed by atoms with E-state index < -0.39 is 17.5 Å². The third kappa shape index (κ3) is 2.14. The Balaban J connectivity index is 1.81. The smallest absolute Gasteiger partial charge is 0.132 e. The molecule has 1 nitrogen and oxygen atoms in total. The number of benzene rings is 1. The Hall–Kier alpha value is -1.03. The number of halogens is 3. The Morgan fingerprint density at radius 1 is 1.06 bits per heavy atom. The molecule has 3 fully saturated rings. The standard InChI is InChI=1S/C14H16F3N/c15-10-6-13(16)12(14(17)7-10)8-11-5-9-1-3-18(11)4-2-9/h6-7,9,11H,1-5,8H2. The fourth-order valence-corrected chi connectivity index (χ4v) is 3.30. The van der Waals surface area contributed by atoms with E-state index in [1.165, 1.54) is 12.8 Å². The summed E-state index contributed by atoms with van der Waals surface area (Å²) in [6, 6.07) is 1.76. The maximum atomic E-state index is 13.6. The molecule has 4 rings (SSSR count). The van der Waals surface area contributed by atoms with Crippen molar-refractivity contribution in [1.29, 1.82) is 0 Å². The zero-order valence-corrected chi connectivity index (χ0v) is 10.1. The molecule has 0 N–H and O–H groups in total. The first-order chi connectivity index (χ1) is 8.63. The predicted molar refractivity (Wildman–Crippen MR) is 62.7 cm³/mol. The van der Waals surface area contributed by atoms with Crippen LogP contribution in [0.3, 0.4) is 0 Å². The summed E-state index contributed by atoms with van der Waals surface area (Å²) >= 11 is 0. The fraction of sp³-hybridized carbons (Fsp3) is 0.571. The van der Waals surface area contributed by atoms with E-state index in [9.17, 15) is 13.2 Å². The van der Waals surface area contributed by atoms with E-state index >= 15 is 0 Å². The minimum absolute atomic E-state index is 0.0361. The Kier molecular flexibility index (Phi) is 3.06. The van der Waals surface area contributed by atoms with Gasteiger partial charge in [-0.25, -0.2) is 13.2 Å². The number of nitrogens with zero attached hydrogens (tertiary/aromatic N) is 1. The molecule has 1 atom stereocenters. The van der Waals surface area contributed by atoms with E-state index in [-0.39, 0.29) is 11.6 Å². The lowest BCUT2D eigenvalue weighted by molar-refractivity contribution is 0.0490. The highest BCUT2D eigenvalue weighted by Crippen LogP contribution is 2.34. The van der Waals surface area contributed by atoms with Gasteiger partial charge in [-0.05, 0) is 44.7 Å². The van der Waals surface area contributed by atoms with E-state index in [0.29, 0.717) is 12.3 Å². The molecule has 4 heteroatoms. The number of hydrogen-bond donors (Lipinski definition) is 0. The lowest BCUT2D eigenvalue weighted by Gasteiger charge is -2.45. The van der Waals surface area contributed by atoms with Crippen LogP contribution in [0.25, 0.3) is 0 Å². The van der Waals surface area contributed by atoms with Crippen LogP contribution in [-0.2, 0) is 6.42 Å². The van der Waals surface area contributed by atoms with Crippen LogP contribution in [-0.4, -0.2) is 24.0 Å². The molecular weight excluding hydrogens is 239 g/mol. The summed E-state index contributed by atoms with van der Waals surface area (Å²) in [5, 5.41) is 0. The third-order valence-electron chi connectivity index (χ3n) is 4.32. The Labute approximate surface area is 105 Å². The van der Waals surface area contributed by atoms with Gasteiger partial charge in [-0.15, -0.1) is 0 Å². The zero-order chi connectivity index (χ0) is 12.7. The predicted octanol–water partition coefficient (Wildman–Crippen LogP) is 3.13. The second kappa shape index (κ2) is 4.57. The maximum Gasteiger partial charge on any atom is 0.132 e. The molecule has 1 unspecified atom stereocenters. The van der Waals surface area contributed by atoms with Crippen molar-refractivity contribution < 1.29 is 13.2 Å². The van der Waals surface area contributed by atoms with E-state index in [1.807, 2.05) is 0 Å². The van der Waals surface area contributed by atoms with Crippen molar-refractivity contribution in [2.24, 2.45) is 5.92 Å². The first-order valence-electron chi connectivity index (χ1n) is 6.51. The Morgan fingerprint density at radius 3 is 2.17 bits per heavy atom. The first-order valence-corrected chi connectivity index (χ1v) is 6.51. The number of piperidine rings is 3. The molecule has 3 heterocycles. The van der Waals surface area contributed by atoms with Crippen LogP contribution in [0.5, 0.6) is 0 Å². The molecule has 3 saturated heterocycles. The second-order valence-electron chi connectivity index (χ2n) is 5.42. The molecule has 1 aromatic rings. The van der Waals surface area contributed by atoms with E-state index in [1.54, 1.807) is 0 Å². The molecule has 98 valence electrons. The van der Waals surface area contributed by atoms with E-state index in [4.69, 9.17) is 0 Å². The van der Waals surface area contributed by atoms with Crippen LogP contribution >= 0.6 is 0 Å². The summed E-state index contributed by atoms with van der Waals surface area (Å²) in [6.07, 6.45) is 3.76. The van der Waals surface area contributed by atoms with Gasteiger partial charge in [0.15, 0.2) is 0 Å². The number of rotatable bonds is 2. The lowest BCUT2D eigenvalue weighted by Crippen LogP contribution is -2.49. The van der Waals surface area contributed by atoms with Crippen molar-refractivity contribution in [2.45, 2.75) is 31.7 Å². The van der Waals surface area contributed by atoms with Gasteiger partial charge in [0.1, 0.15) is 17.5 Å². The quantitative estimate of drug-likeness (QED) is 0.784. The van der Waals surface area contributed by atoms with Gasteiger partial charge in [-0.2, -0.15) is 0 Å². The van der Waals surface area contributed by atoms with Crippen LogP contribution < -0.4 is 0 Å². The van der Waals surface area contributed by atoms with Crippen molar-refractivity contribution in [1.82, 2.24) is 4.90 Å².